The number of aromatic nitrogens is 4. The lowest BCUT2D eigenvalue weighted by atomic mass is 9.93. The third-order valence-electron chi connectivity index (χ3n) is 5.06. The van der Waals surface area contributed by atoms with Crippen molar-refractivity contribution >= 4 is 5.82 Å². The number of hydrogen-bond donors (Lipinski definition) is 1. The lowest BCUT2D eigenvalue weighted by Gasteiger charge is -2.34. The SMILES string of the molecule is CCC(CC)[C@H](CNc1cncc(-n2cccn2)n1)N1CCCC1. The van der Waals surface area contributed by atoms with Gasteiger partial charge in [-0.1, -0.05) is 26.7 Å². The molecule has 0 bridgehead atoms. The molecular weight excluding hydrogens is 300 g/mol. The van der Waals surface area contributed by atoms with E-state index in [2.05, 4.69) is 39.1 Å². The minimum atomic E-state index is 0.567. The van der Waals surface area contributed by atoms with Crippen molar-refractivity contribution in [2.45, 2.75) is 45.6 Å². The summed E-state index contributed by atoms with van der Waals surface area (Å²) >= 11 is 0. The first-order valence-electron chi connectivity index (χ1n) is 9.11. The van der Waals surface area contributed by atoms with E-state index < -0.39 is 0 Å². The predicted molar refractivity (Wildman–Crippen MR) is 96.3 cm³/mol. The zero-order valence-electron chi connectivity index (χ0n) is 14.7. The van der Waals surface area contributed by atoms with Gasteiger partial charge in [0.1, 0.15) is 5.82 Å². The quantitative estimate of drug-likeness (QED) is 0.807. The van der Waals surface area contributed by atoms with Crippen molar-refractivity contribution in [3.8, 4) is 5.82 Å². The fourth-order valence-electron chi connectivity index (χ4n) is 3.66. The Morgan fingerprint density at radius 1 is 1.17 bits per heavy atom. The summed E-state index contributed by atoms with van der Waals surface area (Å²) in [6.07, 6.45) is 12.2. The summed E-state index contributed by atoms with van der Waals surface area (Å²) < 4.78 is 1.73. The van der Waals surface area contributed by atoms with Crippen LogP contribution in [0.15, 0.2) is 30.9 Å². The summed E-state index contributed by atoms with van der Waals surface area (Å²) in [6, 6.07) is 2.45. The monoisotopic (exact) mass is 328 g/mol. The summed E-state index contributed by atoms with van der Waals surface area (Å²) in [7, 11) is 0. The van der Waals surface area contributed by atoms with Gasteiger partial charge in [0.15, 0.2) is 5.82 Å². The maximum Gasteiger partial charge on any atom is 0.173 e. The van der Waals surface area contributed by atoms with Gasteiger partial charge in [0.25, 0.3) is 0 Å². The Labute approximate surface area is 144 Å². The van der Waals surface area contributed by atoms with E-state index in [0.29, 0.717) is 6.04 Å². The molecule has 0 spiro atoms. The standard InChI is InChI=1S/C18H28N6/c1-3-15(4-2)16(23-9-5-6-10-23)12-20-17-13-19-14-18(22-17)24-11-7-8-21-24/h7-8,11,13-16H,3-6,9-10,12H2,1-2H3,(H,20,22)/t16-/m0/s1. The summed E-state index contributed by atoms with van der Waals surface area (Å²) in [6.45, 7) is 7.97. The van der Waals surface area contributed by atoms with Crippen LogP contribution in [0.25, 0.3) is 5.82 Å². The molecule has 0 aromatic carbocycles. The van der Waals surface area contributed by atoms with Crippen molar-refractivity contribution < 1.29 is 0 Å². The van der Waals surface area contributed by atoms with E-state index in [0.717, 1.165) is 24.1 Å². The third kappa shape index (κ3) is 3.93. The zero-order valence-corrected chi connectivity index (χ0v) is 14.7. The van der Waals surface area contributed by atoms with Gasteiger partial charge in [0.05, 0.1) is 12.4 Å². The van der Waals surface area contributed by atoms with Crippen LogP contribution in [0, 0.1) is 5.92 Å². The maximum atomic E-state index is 4.63. The first-order valence-corrected chi connectivity index (χ1v) is 9.11. The predicted octanol–water partition coefficient (Wildman–Crippen LogP) is 2.97. The Morgan fingerprint density at radius 2 is 1.96 bits per heavy atom. The van der Waals surface area contributed by atoms with Crippen molar-refractivity contribution in [3.05, 3.63) is 30.9 Å². The van der Waals surface area contributed by atoms with Gasteiger partial charge in [0.2, 0.25) is 0 Å². The topological polar surface area (TPSA) is 58.9 Å². The molecule has 1 fully saturated rings. The van der Waals surface area contributed by atoms with Crippen LogP contribution in [0.5, 0.6) is 0 Å². The second kappa shape index (κ2) is 8.24. The number of anilines is 1. The Bertz CT molecular complexity index is 600. The Hall–Kier alpha value is -1.95. The zero-order chi connectivity index (χ0) is 16.8. The van der Waals surface area contributed by atoms with E-state index in [1.54, 1.807) is 23.3 Å². The molecule has 1 atom stereocenters. The molecule has 2 aromatic rings. The molecule has 2 aromatic heterocycles. The lowest BCUT2D eigenvalue weighted by Crippen LogP contribution is -2.43. The van der Waals surface area contributed by atoms with Crippen LogP contribution in [0.4, 0.5) is 5.82 Å². The molecule has 3 rings (SSSR count). The van der Waals surface area contributed by atoms with E-state index in [1.807, 2.05) is 12.3 Å². The summed E-state index contributed by atoms with van der Waals surface area (Å²) in [5.41, 5.74) is 0. The van der Waals surface area contributed by atoms with E-state index in [9.17, 15) is 0 Å². The smallest absolute Gasteiger partial charge is 0.173 e. The molecule has 6 nitrogen and oxygen atoms in total. The van der Waals surface area contributed by atoms with Crippen LogP contribution >= 0.6 is 0 Å². The van der Waals surface area contributed by atoms with Gasteiger partial charge in [-0.3, -0.25) is 9.88 Å². The number of likely N-dealkylation sites (tertiary alicyclic amines) is 1. The largest absolute Gasteiger partial charge is 0.367 e. The van der Waals surface area contributed by atoms with Gasteiger partial charge in [-0.25, -0.2) is 9.67 Å². The molecule has 0 saturated carbocycles. The highest BCUT2D eigenvalue weighted by molar-refractivity contribution is 5.35. The maximum absolute atomic E-state index is 4.63. The highest BCUT2D eigenvalue weighted by atomic mass is 15.3. The second-order valence-corrected chi connectivity index (χ2v) is 6.48. The molecule has 0 amide bonds. The first-order chi connectivity index (χ1) is 11.8. The highest BCUT2D eigenvalue weighted by Crippen LogP contribution is 2.23. The molecule has 1 N–H and O–H groups in total. The summed E-state index contributed by atoms with van der Waals surface area (Å²) in [5, 5.41) is 7.74. The minimum absolute atomic E-state index is 0.567. The molecule has 0 radical (unpaired) electrons. The van der Waals surface area contributed by atoms with Gasteiger partial charge in [0, 0.05) is 25.0 Å². The lowest BCUT2D eigenvalue weighted by molar-refractivity contribution is 0.175. The van der Waals surface area contributed by atoms with E-state index >= 15 is 0 Å². The molecule has 6 heteroatoms. The van der Waals surface area contributed by atoms with Gasteiger partial charge in [-0.05, 0) is 37.9 Å². The van der Waals surface area contributed by atoms with Crippen LogP contribution in [-0.4, -0.2) is 50.3 Å². The normalized spacial score (nSPS) is 16.6. The van der Waals surface area contributed by atoms with Crippen LogP contribution in [0.1, 0.15) is 39.5 Å². The van der Waals surface area contributed by atoms with E-state index in [-0.39, 0.29) is 0 Å². The fourth-order valence-corrected chi connectivity index (χ4v) is 3.66. The Kier molecular flexibility index (Phi) is 5.80. The Morgan fingerprint density at radius 3 is 2.62 bits per heavy atom. The molecule has 0 unspecified atom stereocenters. The second-order valence-electron chi connectivity index (χ2n) is 6.48. The van der Waals surface area contributed by atoms with Crippen LogP contribution in [-0.2, 0) is 0 Å². The van der Waals surface area contributed by atoms with Gasteiger partial charge < -0.3 is 5.32 Å². The molecule has 1 saturated heterocycles. The van der Waals surface area contributed by atoms with E-state index in [1.165, 1.54) is 38.8 Å². The van der Waals surface area contributed by atoms with E-state index in [4.69, 9.17) is 0 Å². The van der Waals surface area contributed by atoms with Crippen molar-refractivity contribution in [1.82, 2.24) is 24.6 Å². The van der Waals surface area contributed by atoms with Crippen molar-refractivity contribution in [3.63, 3.8) is 0 Å². The fraction of sp³-hybridized carbons (Fsp3) is 0.611. The van der Waals surface area contributed by atoms with Crippen LogP contribution in [0.3, 0.4) is 0 Å². The molecule has 130 valence electrons. The average molecular weight is 328 g/mol. The highest BCUT2D eigenvalue weighted by Gasteiger charge is 2.27. The van der Waals surface area contributed by atoms with Gasteiger partial charge in [-0.2, -0.15) is 5.10 Å². The number of rotatable bonds is 8. The van der Waals surface area contributed by atoms with Gasteiger partial charge in [-0.15, -0.1) is 0 Å². The third-order valence-corrected chi connectivity index (χ3v) is 5.06. The number of nitrogens with zero attached hydrogens (tertiary/aromatic N) is 5. The molecule has 0 aliphatic carbocycles. The number of hydrogen-bond acceptors (Lipinski definition) is 5. The van der Waals surface area contributed by atoms with Gasteiger partial charge >= 0.3 is 0 Å². The molecule has 3 heterocycles. The molecule has 1 aliphatic rings. The molecule has 1 aliphatic heterocycles. The number of nitrogens with one attached hydrogen (secondary N) is 1. The summed E-state index contributed by atoms with van der Waals surface area (Å²) in [4.78, 5) is 11.6. The first kappa shape index (κ1) is 16.9. The molecule has 24 heavy (non-hydrogen) atoms. The molecular formula is C18H28N6. The Balaban J connectivity index is 1.68. The van der Waals surface area contributed by atoms with Crippen molar-refractivity contribution in [1.29, 1.82) is 0 Å². The summed E-state index contributed by atoms with van der Waals surface area (Å²) in [5.74, 6) is 2.28. The average Bonchev–Trinajstić information content (AvgIpc) is 3.32. The van der Waals surface area contributed by atoms with Crippen LogP contribution < -0.4 is 5.32 Å². The minimum Gasteiger partial charge on any atom is -0.367 e. The van der Waals surface area contributed by atoms with Crippen molar-refractivity contribution in [2.24, 2.45) is 5.92 Å². The van der Waals surface area contributed by atoms with Crippen LogP contribution in [0.2, 0.25) is 0 Å². The van der Waals surface area contributed by atoms with Crippen molar-refractivity contribution in [2.75, 3.05) is 25.0 Å².